The van der Waals surface area contributed by atoms with Crippen LogP contribution in [0.25, 0.3) is 0 Å². The average Bonchev–Trinajstić information content (AvgIpc) is 2.66. The molecule has 0 amide bonds. The van der Waals surface area contributed by atoms with Crippen LogP contribution >= 0.6 is 0 Å². The first kappa shape index (κ1) is 14.0. The molecule has 104 valence electrons. The van der Waals surface area contributed by atoms with Crippen LogP contribution in [0.3, 0.4) is 0 Å². The van der Waals surface area contributed by atoms with Gasteiger partial charge in [-0.3, -0.25) is 10.1 Å². The van der Waals surface area contributed by atoms with E-state index in [1.165, 1.54) is 12.1 Å². The van der Waals surface area contributed by atoms with Crippen LogP contribution in [0.1, 0.15) is 12.0 Å². The molecule has 1 fully saturated rings. The summed E-state index contributed by atoms with van der Waals surface area (Å²) in [5, 5.41) is 10.7. The van der Waals surface area contributed by atoms with Gasteiger partial charge in [0.2, 0.25) is 0 Å². The Morgan fingerprint density at radius 1 is 1.42 bits per heavy atom. The zero-order chi connectivity index (χ0) is 14.1. The molecule has 0 bridgehead atoms. The normalized spacial score (nSPS) is 25.3. The van der Waals surface area contributed by atoms with Gasteiger partial charge in [-0.05, 0) is 24.9 Å². The van der Waals surface area contributed by atoms with Crippen molar-refractivity contribution in [2.75, 3.05) is 18.1 Å². The summed E-state index contributed by atoms with van der Waals surface area (Å²) in [7, 11) is -3.03. The molecule has 1 aliphatic rings. The van der Waals surface area contributed by atoms with Crippen molar-refractivity contribution in [3.05, 3.63) is 39.9 Å². The van der Waals surface area contributed by atoms with Crippen molar-refractivity contribution in [2.24, 2.45) is 11.1 Å². The van der Waals surface area contributed by atoms with E-state index < -0.39 is 20.2 Å². The Bertz CT molecular complexity index is 600. The first-order valence-electron chi connectivity index (χ1n) is 6.00. The lowest BCUT2D eigenvalue weighted by Crippen LogP contribution is -2.34. The molecule has 7 heteroatoms. The first-order chi connectivity index (χ1) is 8.86. The quantitative estimate of drug-likeness (QED) is 0.653. The molecule has 0 saturated carbocycles. The molecule has 19 heavy (non-hydrogen) atoms. The number of nitrogens with two attached hydrogens (primary N) is 1. The minimum Gasteiger partial charge on any atom is -0.330 e. The van der Waals surface area contributed by atoms with Gasteiger partial charge >= 0.3 is 0 Å². The fraction of sp³-hybridized carbons (Fsp3) is 0.500. The number of hydrogen-bond acceptors (Lipinski definition) is 5. The van der Waals surface area contributed by atoms with Crippen molar-refractivity contribution in [3.63, 3.8) is 0 Å². The number of non-ortho nitro benzene ring substituents is 1. The highest BCUT2D eigenvalue weighted by molar-refractivity contribution is 7.91. The highest BCUT2D eigenvalue weighted by Gasteiger charge is 2.41. The molecule has 0 radical (unpaired) electrons. The maximum atomic E-state index is 11.6. The third kappa shape index (κ3) is 3.10. The summed E-state index contributed by atoms with van der Waals surface area (Å²) in [6, 6.07) is 6.29. The molecule has 1 aliphatic heterocycles. The topological polar surface area (TPSA) is 103 Å². The van der Waals surface area contributed by atoms with Crippen LogP contribution in [0.15, 0.2) is 24.3 Å². The van der Waals surface area contributed by atoms with Crippen LogP contribution < -0.4 is 5.73 Å². The second-order valence-electron chi connectivity index (χ2n) is 5.15. The van der Waals surface area contributed by atoms with Gasteiger partial charge in [-0.15, -0.1) is 0 Å². The highest BCUT2D eigenvalue weighted by atomic mass is 32.2. The third-order valence-electron chi connectivity index (χ3n) is 3.60. The van der Waals surface area contributed by atoms with Gasteiger partial charge in [-0.2, -0.15) is 0 Å². The summed E-state index contributed by atoms with van der Waals surface area (Å²) in [4.78, 5) is 10.3. The minimum atomic E-state index is -3.03. The zero-order valence-corrected chi connectivity index (χ0v) is 11.2. The van der Waals surface area contributed by atoms with Crippen molar-refractivity contribution >= 4 is 15.5 Å². The van der Waals surface area contributed by atoms with E-state index >= 15 is 0 Å². The van der Waals surface area contributed by atoms with Crippen molar-refractivity contribution in [1.29, 1.82) is 0 Å². The van der Waals surface area contributed by atoms with E-state index in [1.807, 2.05) is 0 Å². The molecule has 1 aromatic carbocycles. The second kappa shape index (κ2) is 4.90. The Kier molecular flexibility index (Phi) is 3.60. The molecule has 2 rings (SSSR count). The first-order valence-corrected chi connectivity index (χ1v) is 7.82. The molecule has 1 unspecified atom stereocenters. The highest BCUT2D eigenvalue weighted by Crippen LogP contribution is 2.35. The molecule has 6 nitrogen and oxygen atoms in total. The summed E-state index contributed by atoms with van der Waals surface area (Å²) in [6.45, 7) is 0.273. The van der Waals surface area contributed by atoms with Gasteiger partial charge < -0.3 is 5.73 Å². The Balaban J connectivity index is 2.24. The lowest BCUT2D eigenvalue weighted by Gasteiger charge is -2.25. The van der Waals surface area contributed by atoms with E-state index in [2.05, 4.69) is 0 Å². The van der Waals surface area contributed by atoms with Gasteiger partial charge in [0.25, 0.3) is 5.69 Å². The molecule has 0 aliphatic carbocycles. The smallest absolute Gasteiger partial charge is 0.269 e. The van der Waals surface area contributed by atoms with Crippen LogP contribution in [0.5, 0.6) is 0 Å². The van der Waals surface area contributed by atoms with Crippen molar-refractivity contribution in [3.8, 4) is 0 Å². The Morgan fingerprint density at radius 2 is 2.16 bits per heavy atom. The predicted octanol–water partition coefficient (Wildman–Crippen LogP) is 0.901. The molecule has 1 aromatic rings. The predicted molar refractivity (Wildman–Crippen MR) is 71.6 cm³/mol. The molecule has 1 saturated heterocycles. The van der Waals surface area contributed by atoms with Crippen LogP contribution in [-0.2, 0) is 16.3 Å². The van der Waals surface area contributed by atoms with Crippen LogP contribution in [0.4, 0.5) is 5.69 Å². The summed E-state index contributed by atoms with van der Waals surface area (Å²) < 4.78 is 23.2. The number of nitro benzene ring substituents is 1. The number of nitrogens with zero attached hydrogens (tertiary/aromatic N) is 1. The van der Waals surface area contributed by atoms with E-state index in [-0.39, 0.29) is 23.7 Å². The van der Waals surface area contributed by atoms with E-state index in [0.29, 0.717) is 12.8 Å². The van der Waals surface area contributed by atoms with Gasteiger partial charge in [-0.25, -0.2) is 8.42 Å². The maximum absolute atomic E-state index is 11.6. The molecular formula is C12H16N2O4S. The van der Waals surface area contributed by atoms with E-state index in [9.17, 15) is 18.5 Å². The van der Waals surface area contributed by atoms with Gasteiger partial charge in [0.05, 0.1) is 16.4 Å². The van der Waals surface area contributed by atoms with Gasteiger partial charge in [0.15, 0.2) is 9.84 Å². The maximum Gasteiger partial charge on any atom is 0.269 e. The zero-order valence-electron chi connectivity index (χ0n) is 10.4. The molecule has 1 atom stereocenters. The molecule has 2 N–H and O–H groups in total. The molecule has 0 aromatic heterocycles. The molecule has 0 spiro atoms. The fourth-order valence-electron chi connectivity index (χ4n) is 2.57. The van der Waals surface area contributed by atoms with E-state index in [4.69, 9.17) is 5.73 Å². The van der Waals surface area contributed by atoms with Crippen LogP contribution in [0, 0.1) is 15.5 Å². The van der Waals surface area contributed by atoms with Crippen molar-refractivity contribution in [2.45, 2.75) is 12.8 Å². The van der Waals surface area contributed by atoms with E-state index in [0.717, 1.165) is 5.56 Å². The number of benzene rings is 1. The lowest BCUT2D eigenvalue weighted by atomic mass is 9.81. The molecule has 1 heterocycles. The van der Waals surface area contributed by atoms with Crippen LogP contribution in [-0.4, -0.2) is 31.4 Å². The summed E-state index contributed by atoms with van der Waals surface area (Å²) in [5.74, 6) is 0.221. The van der Waals surface area contributed by atoms with Crippen molar-refractivity contribution in [1.82, 2.24) is 0 Å². The minimum absolute atomic E-state index is 0.0190. The summed E-state index contributed by atoms with van der Waals surface area (Å²) in [5.41, 5.74) is 6.04. The summed E-state index contributed by atoms with van der Waals surface area (Å²) >= 11 is 0. The van der Waals surface area contributed by atoms with Gasteiger partial charge in [-0.1, -0.05) is 12.1 Å². The number of nitro groups is 1. The average molecular weight is 284 g/mol. The number of rotatable bonds is 4. The van der Waals surface area contributed by atoms with Gasteiger partial charge in [0.1, 0.15) is 0 Å². The SMILES string of the molecule is NCC1(Cc2cccc([N+](=O)[O-])c2)CCS(=O)(=O)C1. The number of hydrogen-bond donors (Lipinski definition) is 1. The standard InChI is InChI=1S/C12H16N2O4S/c13-8-12(4-5-19(17,18)9-12)7-10-2-1-3-11(6-10)14(15)16/h1-3,6H,4-5,7-9,13H2. The number of sulfone groups is 1. The van der Waals surface area contributed by atoms with Gasteiger partial charge in [0, 0.05) is 17.5 Å². The Morgan fingerprint density at radius 3 is 2.68 bits per heavy atom. The lowest BCUT2D eigenvalue weighted by molar-refractivity contribution is -0.384. The Hall–Kier alpha value is -1.47. The largest absolute Gasteiger partial charge is 0.330 e. The molecular weight excluding hydrogens is 268 g/mol. The third-order valence-corrected chi connectivity index (χ3v) is 5.48. The van der Waals surface area contributed by atoms with Crippen molar-refractivity contribution < 1.29 is 13.3 Å². The van der Waals surface area contributed by atoms with E-state index in [1.54, 1.807) is 12.1 Å². The fourth-order valence-corrected chi connectivity index (χ4v) is 4.75. The summed E-state index contributed by atoms with van der Waals surface area (Å²) in [6.07, 6.45) is 0.985. The Labute approximate surface area is 111 Å². The van der Waals surface area contributed by atoms with Crippen LogP contribution in [0.2, 0.25) is 0 Å². The monoisotopic (exact) mass is 284 g/mol. The second-order valence-corrected chi connectivity index (χ2v) is 7.33.